The number of benzene rings is 3. The Bertz CT molecular complexity index is 985. The van der Waals surface area contributed by atoms with Gasteiger partial charge in [-0.25, -0.2) is 0 Å². The Morgan fingerprint density at radius 2 is 1.81 bits per heavy atom. The lowest BCUT2D eigenvalue weighted by molar-refractivity contribution is -0.146. The van der Waals surface area contributed by atoms with Gasteiger partial charge in [0.2, 0.25) is 0 Å². The molecular weight excluding hydrogens is 338 g/mol. The summed E-state index contributed by atoms with van der Waals surface area (Å²) in [4.78, 5) is 12.6. The molecule has 3 aromatic rings. The molecule has 0 radical (unpaired) electrons. The van der Waals surface area contributed by atoms with E-state index in [-0.39, 0.29) is 6.61 Å². The smallest absolute Gasteiger partial charge is 0.324 e. The molecule has 0 fully saturated rings. The molecule has 0 aliphatic heterocycles. The molecular formula is C23H21NO3. The van der Waals surface area contributed by atoms with Gasteiger partial charge in [0.15, 0.2) is 5.92 Å². The summed E-state index contributed by atoms with van der Waals surface area (Å²) in [6.07, 6.45) is 0. The highest BCUT2D eigenvalue weighted by Crippen LogP contribution is 2.38. The average Bonchev–Trinajstić information content (AvgIpc) is 2.71. The van der Waals surface area contributed by atoms with E-state index in [1.54, 1.807) is 14.0 Å². The van der Waals surface area contributed by atoms with Gasteiger partial charge in [-0.05, 0) is 41.0 Å². The minimum Gasteiger partial charge on any atom is -0.497 e. The van der Waals surface area contributed by atoms with E-state index < -0.39 is 17.8 Å². The third-order valence-corrected chi connectivity index (χ3v) is 4.62. The van der Waals surface area contributed by atoms with Crippen molar-refractivity contribution in [1.82, 2.24) is 0 Å². The van der Waals surface area contributed by atoms with Crippen LogP contribution in [0.25, 0.3) is 10.8 Å². The standard InChI is InChI=1S/C23H21NO3/c1-3-27-23(25)21(15-24)22(17-10-6-11-18(14-17)26-2)20-13-7-9-16-8-4-5-12-19(16)20/h4-14,21-22H,3H2,1-2H3. The van der Waals surface area contributed by atoms with Crippen LogP contribution in [-0.2, 0) is 9.53 Å². The van der Waals surface area contributed by atoms with Gasteiger partial charge in [-0.15, -0.1) is 0 Å². The van der Waals surface area contributed by atoms with Gasteiger partial charge in [-0.3, -0.25) is 4.79 Å². The quantitative estimate of drug-likeness (QED) is 0.600. The number of nitriles is 1. The van der Waals surface area contributed by atoms with Crippen molar-refractivity contribution < 1.29 is 14.3 Å². The van der Waals surface area contributed by atoms with Crippen molar-refractivity contribution in [1.29, 1.82) is 5.26 Å². The number of hydrogen-bond acceptors (Lipinski definition) is 4. The second kappa shape index (κ2) is 8.37. The number of carbonyl (C=O) groups is 1. The van der Waals surface area contributed by atoms with Crippen LogP contribution in [0.1, 0.15) is 24.0 Å². The van der Waals surface area contributed by atoms with Crippen LogP contribution in [0.5, 0.6) is 5.75 Å². The summed E-state index contributed by atoms with van der Waals surface area (Å²) in [6, 6.07) is 23.6. The van der Waals surface area contributed by atoms with Gasteiger partial charge in [-0.1, -0.05) is 54.6 Å². The molecule has 0 aliphatic carbocycles. The van der Waals surface area contributed by atoms with Crippen molar-refractivity contribution in [3.05, 3.63) is 77.9 Å². The molecule has 3 aromatic carbocycles. The molecule has 0 amide bonds. The van der Waals surface area contributed by atoms with Crippen molar-refractivity contribution in [3.63, 3.8) is 0 Å². The molecule has 0 heterocycles. The first-order chi connectivity index (χ1) is 13.2. The highest BCUT2D eigenvalue weighted by molar-refractivity contribution is 5.88. The van der Waals surface area contributed by atoms with Crippen LogP contribution in [0.3, 0.4) is 0 Å². The van der Waals surface area contributed by atoms with Gasteiger partial charge in [0.05, 0.1) is 19.8 Å². The third-order valence-electron chi connectivity index (χ3n) is 4.62. The number of methoxy groups -OCH3 is 1. The maximum atomic E-state index is 12.6. The molecule has 0 saturated carbocycles. The van der Waals surface area contributed by atoms with E-state index in [0.717, 1.165) is 21.9 Å². The molecule has 0 spiro atoms. The molecule has 0 N–H and O–H groups in total. The number of nitrogens with zero attached hydrogens (tertiary/aromatic N) is 1. The fourth-order valence-corrected chi connectivity index (χ4v) is 3.40. The molecule has 0 aromatic heterocycles. The second-order valence-electron chi connectivity index (χ2n) is 6.18. The molecule has 0 saturated heterocycles. The van der Waals surface area contributed by atoms with Crippen molar-refractivity contribution in [2.24, 2.45) is 5.92 Å². The minimum atomic E-state index is -0.956. The number of rotatable bonds is 6. The highest BCUT2D eigenvalue weighted by atomic mass is 16.5. The van der Waals surface area contributed by atoms with E-state index in [1.165, 1.54) is 0 Å². The van der Waals surface area contributed by atoms with Gasteiger partial charge in [-0.2, -0.15) is 5.26 Å². The maximum absolute atomic E-state index is 12.6. The fraction of sp³-hybridized carbons (Fsp3) is 0.217. The van der Waals surface area contributed by atoms with E-state index in [1.807, 2.05) is 66.7 Å². The zero-order valence-corrected chi connectivity index (χ0v) is 15.4. The van der Waals surface area contributed by atoms with Crippen LogP contribution in [0, 0.1) is 17.2 Å². The van der Waals surface area contributed by atoms with Gasteiger partial charge in [0, 0.05) is 5.92 Å². The number of carbonyl (C=O) groups excluding carboxylic acids is 1. The Labute approximate surface area is 159 Å². The molecule has 4 nitrogen and oxygen atoms in total. The zero-order valence-electron chi connectivity index (χ0n) is 15.4. The second-order valence-corrected chi connectivity index (χ2v) is 6.18. The van der Waals surface area contributed by atoms with E-state index in [9.17, 15) is 10.1 Å². The van der Waals surface area contributed by atoms with E-state index in [4.69, 9.17) is 9.47 Å². The van der Waals surface area contributed by atoms with Crippen LogP contribution in [0.2, 0.25) is 0 Å². The summed E-state index contributed by atoms with van der Waals surface area (Å²) < 4.78 is 10.5. The SMILES string of the molecule is CCOC(=O)C(C#N)C(c1cccc(OC)c1)c1cccc2ccccc12. The van der Waals surface area contributed by atoms with Gasteiger partial charge in [0.1, 0.15) is 5.75 Å². The van der Waals surface area contributed by atoms with Crippen LogP contribution in [-0.4, -0.2) is 19.7 Å². The van der Waals surface area contributed by atoms with Crippen LogP contribution in [0.15, 0.2) is 66.7 Å². The number of esters is 1. The van der Waals surface area contributed by atoms with Crippen LogP contribution >= 0.6 is 0 Å². The lowest BCUT2D eigenvalue weighted by Crippen LogP contribution is -2.24. The van der Waals surface area contributed by atoms with Crippen LogP contribution < -0.4 is 4.74 Å². The summed E-state index contributed by atoms with van der Waals surface area (Å²) in [5, 5.41) is 11.9. The molecule has 3 rings (SSSR count). The summed E-state index contributed by atoms with van der Waals surface area (Å²) in [7, 11) is 1.60. The largest absolute Gasteiger partial charge is 0.497 e. The number of ether oxygens (including phenoxy) is 2. The summed E-state index contributed by atoms with van der Waals surface area (Å²) in [5.41, 5.74) is 1.76. The molecule has 136 valence electrons. The van der Waals surface area contributed by atoms with E-state index in [2.05, 4.69) is 6.07 Å². The minimum absolute atomic E-state index is 0.234. The number of hydrogen-bond donors (Lipinski definition) is 0. The summed E-state index contributed by atoms with van der Waals surface area (Å²) in [5.74, 6) is -1.25. The van der Waals surface area contributed by atoms with Crippen LogP contribution in [0.4, 0.5) is 0 Å². The number of fused-ring (bicyclic) bond motifs is 1. The van der Waals surface area contributed by atoms with Gasteiger partial charge in [0.25, 0.3) is 0 Å². The highest BCUT2D eigenvalue weighted by Gasteiger charge is 2.33. The first-order valence-corrected chi connectivity index (χ1v) is 8.87. The first kappa shape index (κ1) is 18.5. The molecule has 4 heteroatoms. The summed E-state index contributed by atoms with van der Waals surface area (Å²) >= 11 is 0. The van der Waals surface area contributed by atoms with E-state index >= 15 is 0 Å². The molecule has 27 heavy (non-hydrogen) atoms. The van der Waals surface area contributed by atoms with E-state index in [0.29, 0.717) is 5.75 Å². The zero-order chi connectivity index (χ0) is 19.2. The average molecular weight is 359 g/mol. The van der Waals surface area contributed by atoms with Gasteiger partial charge >= 0.3 is 5.97 Å². The van der Waals surface area contributed by atoms with Gasteiger partial charge < -0.3 is 9.47 Å². The third kappa shape index (κ3) is 3.78. The normalized spacial score (nSPS) is 12.8. The Hall–Kier alpha value is -3.32. The molecule has 2 atom stereocenters. The molecule has 2 unspecified atom stereocenters. The first-order valence-electron chi connectivity index (χ1n) is 8.87. The van der Waals surface area contributed by atoms with Crippen molar-refractivity contribution in [2.45, 2.75) is 12.8 Å². The maximum Gasteiger partial charge on any atom is 0.324 e. The predicted octanol–water partition coefficient (Wildman–Crippen LogP) is 4.68. The predicted molar refractivity (Wildman–Crippen MR) is 105 cm³/mol. The fourth-order valence-electron chi connectivity index (χ4n) is 3.40. The Morgan fingerprint density at radius 3 is 2.56 bits per heavy atom. The van der Waals surface area contributed by atoms with Crippen molar-refractivity contribution in [2.75, 3.05) is 13.7 Å². The Balaban J connectivity index is 2.23. The monoisotopic (exact) mass is 359 g/mol. The van der Waals surface area contributed by atoms with Crippen molar-refractivity contribution in [3.8, 4) is 11.8 Å². The topological polar surface area (TPSA) is 59.3 Å². The summed E-state index contributed by atoms with van der Waals surface area (Å²) in [6.45, 7) is 1.97. The molecule has 0 bridgehead atoms. The Kier molecular flexibility index (Phi) is 5.73. The molecule has 0 aliphatic rings. The Morgan fingerprint density at radius 1 is 1.07 bits per heavy atom. The lowest BCUT2D eigenvalue weighted by atomic mass is 9.79. The lowest BCUT2D eigenvalue weighted by Gasteiger charge is -2.23. The van der Waals surface area contributed by atoms with Crippen molar-refractivity contribution >= 4 is 16.7 Å².